The molecule has 2 aromatic carbocycles. The van der Waals surface area contributed by atoms with Crippen molar-refractivity contribution < 1.29 is 8.78 Å². The number of halogens is 3. The average Bonchev–Trinajstić information content (AvgIpc) is 2.46. The molecule has 21 heavy (non-hydrogen) atoms. The molecule has 0 heterocycles. The summed E-state index contributed by atoms with van der Waals surface area (Å²) in [5, 5.41) is 3.30. The molecule has 0 aliphatic carbocycles. The van der Waals surface area contributed by atoms with Crippen LogP contribution in [0.5, 0.6) is 0 Å². The van der Waals surface area contributed by atoms with E-state index in [9.17, 15) is 8.78 Å². The van der Waals surface area contributed by atoms with E-state index in [1.54, 1.807) is 0 Å². The van der Waals surface area contributed by atoms with Gasteiger partial charge in [0.15, 0.2) is 0 Å². The highest BCUT2D eigenvalue weighted by molar-refractivity contribution is 9.10. The van der Waals surface area contributed by atoms with E-state index in [2.05, 4.69) is 21.2 Å². The summed E-state index contributed by atoms with van der Waals surface area (Å²) in [4.78, 5) is 0. The first-order valence-electron chi connectivity index (χ1n) is 7.03. The summed E-state index contributed by atoms with van der Waals surface area (Å²) in [6.07, 6.45) is 1.55. The Morgan fingerprint density at radius 1 is 1.14 bits per heavy atom. The molecule has 0 aliphatic rings. The molecule has 0 saturated heterocycles. The van der Waals surface area contributed by atoms with Crippen LogP contribution in [-0.4, -0.2) is 6.54 Å². The van der Waals surface area contributed by atoms with Gasteiger partial charge in [-0.1, -0.05) is 35.0 Å². The van der Waals surface area contributed by atoms with Crippen molar-refractivity contribution in [1.82, 2.24) is 5.32 Å². The third kappa shape index (κ3) is 4.61. The monoisotopic (exact) mass is 353 g/mol. The molecule has 0 fully saturated rings. The minimum atomic E-state index is -0.413. The lowest BCUT2D eigenvalue weighted by Gasteiger charge is -2.20. The smallest absolute Gasteiger partial charge is 0.128 e. The van der Waals surface area contributed by atoms with Crippen LogP contribution in [0.15, 0.2) is 46.9 Å². The highest BCUT2D eigenvalue weighted by Crippen LogP contribution is 2.24. The van der Waals surface area contributed by atoms with Crippen molar-refractivity contribution in [2.75, 3.05) is 6.54 Å². The van der Waals surface area contributed by atoms with Crippen molar-refractivity contribution in [2.45, 2.75) is 25.8 Å². The quantitative estimate of drug-likeness (QED) is 0.769. The van der Waals surface area contributed by atoms with Gasteiger partial charge in [0.05, 0.1) is 0 Å². The van der Waals surface area contributed by atoms with Crippen LogP contribution >= 0.6 is 15.9 Å². The van der Waals surface area contributed by atoms with Gasteiger partial charge in [0.1, 0.15) is 11.6 Å². The van der Waals surface area contributed by atoms with Gasteiger partial charge in [0.2, 0.25) is 0 Å². The fourth-order valence-electron chi connectivity index (χ4n) is 2.29. The molecule has 112 valence electrons. The van der Waals surface area contributed by atoms with Crippen molar-refractivity contribution >= 4 is 15.9 Å². The molecular weight excluding hydrogens is 336 g/mol. The van der Waals surface area contributed by atoms with Gasteiger partial charge in [-0.2, -0.15) is 0 Å². The van der Waals surface area contributed by atoms with E-state index in [1.807, 2.05) is 31.2 Å². The molecule has 2 rings (SSSR count). The van der Waals surface area contributed by atoms with Gasteiger partial charge in [-0.05, 0) is 55.3 Å². The Hall–Kier alpha value is -1.26. The second-order valence-electron chi connectivity index (χ2n) is 5.01. The van der Waals surface area contributed by atoms with Crippen LogP contribution in [0, 0.1) is 11.6 Å². The van der Waals surface area contributed by atoms with Crippen molar-refractivity contribution in [3.8, 4) is 0 Å². The maximum absolute atomic E-state index is 14.0. The van der Waals surface area contributed by atoms with Crippen LogP contribution in [0.25, 0.3) is 0 Å². The molecule has 1 nitrogen and oxygen atoms in total. The zero-order valence-electron chi connectivity index (χ0n) is 11.9. The van der Waals surface area contributed by atoms with E-state index < -0.39 is 5.82 Å². The van der Waals surface area contributed by atoms with E-state index in [-0.39, 0.29) is 11.9 Å². The van der Waals surface area contributed by atoms with Crippen LogP contribution in [0.2, 0.25) is 0 Å². The number of hydrogen-bond acceptors (Lipinski definition) is 1. The minimum absolute atomic E-state index is 0.241. The fourth-order valence-corrected chi connectivity index (χ4v) is 2.74. The van der Waals surface area contributed by atoms with Crippen LogP contribution in [0.4, 0.5) is 8.78 Å². The molecule has 0 aromatic heterocycles. The first-order chi connectivity index (χ1) is 10.1. The van der Waals surface area contributed by atoms with Gasteiger partial charge in [-0.3, -0.25) is 0 Å². The maximum Gasteiger partial charge on any atom is 0.128 e. The number of benzene rings is 2. The Morgan fingerprint density at radius 2 is 1.95 bits per heavy atom. The summed E-state index contributed by atoms with van der Waals surface area (Å²) < 4.78 is 28.4. The van der Waals surface area contributed by atoms with E-state index in [0.29, 0.717) is 12.0 Å². The summed E-state index contributed by atoms with van der Waals surface area (Å²) >= 11 is 3.43. The lowest BCUT2D eigenvalue weighted by molar-refractivity contribution is 0.490. The van der Waals surface area contributed by atoms with Crippen LogP contribution < -0.4 is 5.32 Å². The van der Waals surface area contributed by atoms with Crippen molar-refractivity contribution in [3.05, 3.63) is 69.7 Å². The summed E-state index contributed by atoms with van der Waals surface area (Å²) in [5.41, 5.74) is 1.45. The van der Waals surface area contributed by atoms with Crippen LogP contribution in [0.1, 0.15) is 30.5 Å². The van der Waals surface area contributed by atoms with Gasteiger partial charge >= 0.3 is 0 Å². The molecule has 2 aromatic rings. The predicted octanol–water partition coefficient (Wildman–Crippen LogP) is 5.01. The number of nitrogens with one attached hydrogen (secondary N) is 1. The largest absolute Gasteiger partial charge is 0.310 e. The topological polar surface area (TPSA) is 12.0 Å². The zero-order chi connectivity index (χ0) is 15.2. The fraction of sp³-hybridized carbons (Fsp3) is 0.294. The molecule has 1 atom stereocenters. The van der Waals surface area contributed by atoms with Gasteiger partial charge in [0, 0.05) is 16.1 Å². The molecule has 4 heteroatoms. The lowest BCUT2D eigenvalue weighted by Crippen LogP contribution is -2.25. The average molecular weight is 354 g/mol. The van der Waals surface area contributed by atoms with Crippen molar-refractivity contribution in [1.29, 1.82) is 0 Å². The molecule has 1 N–H and O–H groups in total. The maximum atomic E-state index is 14.0. The Bertz CT molecular complexity index is 601. The zero-order valence-corrected chi connectivity index (χ0v) is 13.5. The Balaban J connectivity index is 2.27. The van der Waals surface area contributed by atoms with Gasteiger partial charge in [0.25, 0.3) is 0 Å². The molecular formula is C17H18BrF2N. The van der Waals surface area contributed by atoms with Gasteiger partial charge < -0.3 is 5.32 Å². The third-order valence-corrected chi connectivity index (χ3v) is 3.80. The summed E-state index contributed by atoms with van der Waals surface area (Å²) in [5.74, 6) is -0.788. The summed E-state index contributed by atoms with van der Waals surface area (Å²) in [6, 6.07) is 11.2. The standard InChI is InChI=1S/C17H18BrF2N/c1-2-8-21-17(10-12-4-3-5-13(18)9-12)15-11-14(19)6-7-16(15)20/h3-7,9,11,17,21H,2,8,10H2,1H3. The second kappa shape index (κ2) is 7.66. The van der Waals surface area contributed by atoms with Crippen molar-refractivity contribution in [3.63, 3.8) is 0 Å². The van der Waals surface area contributed by atoms with E-state index in [4.69, 9.17) is 0 Å². The highest BCUT2D eigenvalue weighted by atomic mass is 79.9. The minimum Gasteiger partial charge on any atom is -0.310 e. The third-order valence-electron chi connectivity index (χ3n) is 3.30. The molecule has 0 radical (unpaired) electrons. The molecule has 0 saturated carbocycles. The molecule has 0 amide bonds. The molecule has 0 bridgehead atoms. The second-order valence-corrected chi connectivity index (χ2v) is 5.92. The first-order valence-corrected chi connectivity index (χ1v) is 7.82. The SMILES string of the molecule is CCCNC(Cc1cccc(Br)c1)c1cc(F)ccc1F. The van der Waals surface area contributed by atoms with Crippen LogP contribution in [-0.2, 0) is 6.42 Å². The predicted molar refractivity (Wildman–Crippen MR) is 85.2 cm³/mol. The van der Waals surface area contributed by atoms with E-state index in [0.717, 1.165) is 29.1 Å². The highest BCUT2D eigenvalue weighted by Gasteiger charge is 2.16. The summed E-state index contributed by atoms with van der Waals surface area (Å²) in [6.45, 7) is 2.81. The van der Waals surface area contributed by atoms with Gasteiger partial charge in [-0.25, -0.2) is 8.78 Å². The van der Waals surface area contributed by atoms with E-state index >= 15 is 0 Å². The molecule has 0 aliphatic heterocycles. The number of hydrogen-bond donors (Lipinski definition) is 1. The Labute approximate surface area is 132 Å². The molecule has 0 spiro atoms. The van der Waals surface area contributed by atoms with Gasteiger partial charge in [-0.15, -0.1) is 0 Å². The number of rotatable bonds is 6. The van der Waals surface area contributed by atoms with E-state index in [1.165, 1.54) is 12.1 Å². The van der Waals surface area contributed by atoms with Crippen molar-refractivity contribution in [2.24, 2.45) is 0 Å². The van der Waals surface area contributed by atoms with Crippen LogP contribution in [0.3, 0.4) is 0 Å². The lowest BCUT2D eigenvalue weighted by atomic mass is 9.98. The Morgan fingerprint density at radius 3 is 2.67 bits per heavy atom. The first kappa shape index (κ1) is 16.1. The normalized spacial score (nSPS) is 12.4. The molecule has 1 unspecified atom stereocenters. The summed E-state index contributed by atoms with van der Waals surface area (Å²) in [7, 11) is 0. The Kier molecular flexibility index (Phi) is 5.88.